The van der Waals surface area contributed by atoms with Crippen molar-refractivity contribution in [1.29, 1.82) is 0 Å². The van der Waals surface area contributed by atoms with Crippen LogP contribution in [0.25, 0.3) is 11.4 Å². The number of aromatic amines is 2. The molecule has 0 aliphatic carbocycles. The molecule has 4 N–H and O–H groups in total. The van der Waals surface area contributed by atoms with Gasteiger partial charge in [-0.1, -0.05) is 36.4 Å². The van der Waals surface area contributed by atoms with E-state index in [-0.39, 0.29) is 17.6 Å². The fourth-order valence-corrected chi connectivity index (χ4v) is 3.25. The first-order valence-corrected chi connectivity index (χ1v) is 8.52. The van der Waals surface area contributed by atoms with Crippen LogP contribution in [0.15, 0.2) is 53.3 Å². The van der Waals surface area contributed by atoms with Gasteiger partial charge in [0.15, 0.2) is 5.82 Å². The van der Waals surface area contributed by atoms with E-state index in [4.69, 9.17) is 0 Å². The van der Waals surface area contributed by atoms with Crippen molar-refractivity contribution in [1.82, 2.24) is 20.5 Å². The molecule has 1 atom stereocenters. The van der Waals surface area contributed by atoms with E-state index in [0.717, 1.165) is 18.5 Å². The monoisotopic (exact) mass is 349 g/mol. The molecule has 26 heavy (non-hydrogen) atoms. The van der Waals surface area contributed by atoms with Gasteiger partial charge in [-0.05, 0) is 29.7 Å². The summed E-state index contributed by atoms with van der Waals surface area (Å²) in [5.74, 6) is 0.395. The first-order valence-electron chi connectivity index (χ1n) is 8.52. The number of benzene rings is 2. The second-order valence-electron chi connectivity index (χ2n) is 6.41. The molecule has 1 aliphatic rings. The summed E-state index contributed by atoms with van der Waals surface area (Å²) in [5.41, 5.74) is 3.63. The van der Waals surface area contributed by atoms with E-state index >= 15 is 0 Å². The molecule has 4 rings (SSSR count). The van der Waals surface area contributed by atoms with E-state index in [9.17, 15) is 9.59 Å². The zero-order valence-corrected chi connectivity index (χ0v) is 14.1. The van der Waals surface area contributed by atoms with E-state index in [1.54, 1.807) is 6.07 Å². The number of H-pyrrole nitrogens is 2. The van der Waals surface area contributed by atoms with Crippen molar-refractivity contribution >= 4 is 11.6 Å². The number of nitrogens with zero attached hydrogens (tertiary/aromatic N) is 1. The van der Waals surface area contributed by atoms with Crippen LogP contribution in [-0.4, -0.2) is 27.1 Å². The molecular weight excluding hydrogens is 330 g/mol. The number of hydrogen-bond acceptors (Lipinski definition) is 4. The third-order valence-electron chi connectivity index (χ3n) is 4.52. The van der Waals surface area contributed by atoms with E-state index in [1.807, 2.05) is 30.3 Å². The molecule has 3 aromatic rings. The number of carbonyl (C=O) groups is 1. The Morgan fingerprint density at radius 1 is 1.15 bits per heavy atom. The third-order valence-corrected chi connectivity index (χ3v) is 4.52. The summed E-state index contributed by atoms with van der Waals surface area (Å²) in [4.78, 5) is 26.2. The lowest BCUT2D eigenvalue weighted by Gasteiger charge is -2.25. The van der Waals surface area contributed by atoms with E-state index in [0.29, 0.717) is 17.9 Å². The number of hydrogen-bond donors (Lipinski definition) is 4. The van der Waals surface area contributed by atoms with Crippen molar-refractivity contribution in [3.63, 3.8) is 0 Å². The van der Waals surface area contributed by atoms with Crippen molar-refractivity contribution in [2.45, 2.75) is 25.4 Å². The summed E-state index contributed by atoms with van der Waals surface area (Å²) < 4.78 is 0. The van der Waals surface area contributed by atoms with Crippen LogP contribution >= 0.6 is 0 Å². The number of fused-ring (bicyclic) bond motifs is 1. The Bertz CT molecular complexity index is 991. The quantitative estimate of drug-likeness (QED) is 0.577. The number of carbonyl (C=O) groups excluding carboxylic acids is 1. The Morgan fingerprint density at radius 3 is 2.81 bits per heavy atom. The maximum Gasteiger partial charge on any atom is 0.340 e. The molecule has 0 radical (unpaired) electrons. The van der Waals surface area contributed by atoms with Crippen LogP contribution in [0.3, 0.4) is 0 Å². The second kappa shape index (κ2) is 6.97. The van der Waals surface area contributed by atoms with Gasteiger partial charge in [-0.15, -0.1) is 0 Å². The summed E-state index contributed by atoms with van der Waals surface area (Å²) >= 11 is 0. The van der Waals surface area contributed by atoms with E-state index in [2.05, 4.69) is 37.9 Å². The van der Waals surface area contributed by atoms with Crippen molar-refractivity contribution in [3.05, 3.63) is 70.1 Å². The first-order chi connectivity index (χ1) is 12.7. The normalized spacial score (nSPS) is 16.1. The first kappa shape index (κ1) is 16.3. The van der Waals surface area contributed by atoms with Gasteiger partial charge in [0.2, 0.25) is 5.91 Å². The molecule has 132 valence electrons. The van der Waals surface area contributed by atoms with Gasteiger partial charge in [-0.3, -0.25) is 9.78 Å². The molecule has 1 amide bonds. The zero-order valence-electron chi connectivity index (χ0n) is 14.1. The molecular formula is C19H19N5O2. The molecule has 1 aromatic heterocycles. The van der Waals surface area contributed by atoms with Crippen molar-refractivity contribution in [2.24, 2.45) is 0 Å². The molecule has 0 saturated carbocycles. The molecule has 1 aliphatic heterocycles. The minimum atomic E-state index is -0.363. The molecule has 0 unspecified atom stereocenters. The summed E-state index contributed by atoms with van der Waals surface area (Å²) in [7, 11) is 0. The molecule has 7 nitrogen and oxygen atoms in total. The van der Waals surface area contributed by atoms with Crippen molar-refractivity contribution < 1.29 is 4.79 Å². The fourth-order valence-electron chi connectivity index (χ4n) is 3.25. The lowest BCUT2D eigenvalue weighted by atomic mass is 9.94. The molecule has 0 fully saturated rings. The maximum absolute atomic E-state index is 12.4. The summed E-state index contributed by atoms with van der Waals surface area (Å²) in [6, 6.07) is 15.7. The minimum absolute atomic E-state index is 0.0467. The topological polar surface area (TPSA) is 103 Å². The van der Waals surface area contributed by atoms with Gasteiger partial charge >= 0.3 is 5.69 Å². The molecule has 2 aromatic carbocycles. The van der Waals surface area contributed by atoms with Crippen LogP contribution < -0.4 is 16.3 Å². The predicted molar refractivity (Wildman–Crippen MR) is 98.7 cm³/mol. The number of amides is 1. The second-order valence-corrected chi connectivity index (χ2v) is 6.41. The molecule has 0 saturated heterocycles. The summed E-state index contributed by atoms with van der Waals surface area (Å²) in [6.07, 6.45) is 1.25. The summed E-state index contributed by atoms with van der Waals surface area (Å²) in [5, 5.41) is 12.6. The SMILES string of the molecule is O=C(C[C@@H]1Cc2ccccc2CN1)Nc1cccc(-c2n[nH]c(=O)[nH]2)c1. The van der Waals surface area contributed by atoms with Crippen molar-refractivity contribution in [3.8, 4) is 11.4 Å². The van der Waals surface area contributed by atoms with Gasteiger partial charge in [0.1, 0.15) is 0 Å². The third kappa shape index (κ3) is 3.57. The largest absolute Gasteiger partial charge is 0.340 e. The van der Waals surface area contributed by atoms with Crippen LogP contribution in [0.5, 0.6) is 0 Å². The Morgan fingerprint density at radius 2 is 2.00 bits per heavy atom. The average Bonchev–Trinajstić information content (AvgIpc) is 3.08. The highest BCUT2D eigenvalue weighted by molar-refractivity contribution is 5.91. The molecule has 0 spiro atoms. The van der Waals surface area contributed by atoms with Gasteiger partial charge in [-0.2, -0.15) is 5.10 Å². The highest BCUT2D eigenvalue weighted by Gasteiger charge is 2.20. The summed E-state index contributed by atoms with van der Waals surface area (Å²) in [6.45, 7) is 0.788. The maximum atomic E-state index is 12.4. The highest BCUT2D eigenvalue weighted by Crippen LogP contribution is 2.20. The Kier molecular flexibility index (Phi) is 4.37. The Hall–Kier alpha value is -3.19. The van der Waals surface area contributed by atoms with Crippen LogP contribution in [0.1, 0.15) is 17.5 Å². The molecule has 7 heteroatoms. The molecule has 2 heterocycles. The van der Waals surface area contributed by atoms with Crippen LogP contribution in [0, 0.1) is 0 Å². The van der Waals surface area contributed by atoms with Crippen LogP contribution in [-0.2, 0) is 17.8 Å². The minimum Gasteiger partial charge on any atom is -0.326 e. The van der Waals surface area contributed by atoms with Gasteiger partial charge < -0.3 is 10.6 Å². The van der Waals surface area contributed by atoms with E-state index in [1.165, 1.54) is 11.1 Å². The number of anilines is 1. The lowest BCUT2D eigenvalue weighted by Crippen LogP contribution is -2.38. The van der Waals surface area contributed by atoms with Gasteiger partial charge in [0, 0.05) is 30.3 Å². The number of rotatable bonds is 4. The predicted octanol–water partition coefficient (Wildman–Crippen LogP) is 1.81. The lowest BCUT2D eigenvalue weighted by molar-refractivity contribution is -0.116. The van der Waals surface area contributed by atoms with Gasteiger partial charge in [0.05, 0.1) is 0 Å². The van der Waals surface area contributed by atoms with Gasteiger partial charge in [0.25, 0.3) is 0 Å². The zero-order chi connectivity index (χ0) is 17.9. The average molecular weight is 349 g/mol. The standard InChI is InChI=1S/C19H19N5O2/c25-17(10-16-8-12-4-1-2-5-14(12)11-20-16)21-15-7-3-6-13(9-15)18-22-19(26)24-23-18/h1-7,9,16,20H,8,10-11H2,(H,21,25)(H2,22,23,24,26)/t16-/m0/s1. The van der Waals surface area contributed by atoms with Crippen LogP contribution in [0.4, 0.5) is 5.69 Å². The highest BCUT2D eigenvalue weighted by atomic mass is 16.2. The Balaban J connectivity index is 1.40. The van der Waals surface area contributed by atoms with Crippen molar-refractivity contribution in [2.75, 3.05) is 5.32 Å². The number of aromatic nitrogens is 3. The Labute approximate surface area is 149 Å². The number of nitrogens with one attached hydrogen (secondary N) is 4. The van der Waals surface area contributed by atoms with E-state index < -0.39 is 0 Å². The van der Waals surface area contributed by atoms with Crippen LogP contribution in [0.2, 0.25) is 0 Å². The van der Waals surface area contributed by atoms with Gasteiger partial charge in [-0.25, -0.2) is 9.89 Å². The smallest absolute Gasteiger partial charge is 0.326 e. The fraction of sp³-hybridized carbons (Fsp3) is 0.211. The molecule has 0 bridgehead atoms.